The van der Waals surface area contributed by atoms with Gasteiger partial charge in [-0.15, -0.1) is 0 Å². The first-order chi connectivity index (χ1) is 17.9. The second kappa shape index (κ2) is 12.4. The zero-order valence-electron chi connectivity index (χ0n) is 23.7. The predicted octanol–water partition coefficient (Wildman–Crippen LogP) is 5.39. The van der Waals surface area contributed by atoms with E-state index in [0.717, 1.165) is 0 Å². The number of aromatic nitrogens is 1. The summed E-state index contributed by atoms with van der Waals surface area (Å²) in [6.45, 7) is 15.8. The molecule has 1 aliphatic heterocycles. The molecule has 2 aromatic heterocycles. The van der Waals surface area contributed by atoms with E-state index in [0.29, 0.717) is 12.0 Å². The molecule has 0 amide bonds. The molecule has 0 spiro atoms. The van der Waals surface area contributed by atoms with Gasteiger partial charge in [-0.05, 0) is 45.7 Å². The van der Waals surface area contributed by atoms with Gasteiger partial charge in [0.1, 0.15) is 28.8 Å². The highest BCUT2D eigenvalue weighted by molar-refractivity contribution is 6.02. The monoisotopic (exact) mass is 529 g/mol. The summed E-state index contributed by atoms with van der Waals surface area (Å²) in [5.74, 6) is -2.28. The van der Waals surface area contributed by atoms with Crippen LogP contribution in [0.2, 0.25) is 0 Å². The van der Waals surface area contributed by atoms with E-state index in [-0.39, 0.29) is 29.4 Å². The lowest BCUT2D eigenvalue weighted by Gasteiger charge is -2.52. The van der Waals surface area contributed by atoms with Crippen LogP contribution in [-0.2, 0) is 19.1 Å². The largest absolute Gasteiger partial charge is 0.482 e. The van der Waals surface area contributed by atoms with Crippen LogP contribution in [0.5, 0.6) is 5.75 Å². The van der Waals surface area contributed by atoms with Crippen LogP contribution in [0, 0.1) is 11.8 Å². The van der Waals surface area contributed by atoms with E-state index in [2.05, 4.69) is 4.98 Å². The molecule has 3 heterocycles. The zero-order chi connectivity index (χ0) is 28.8. The van der Waals surface area contributed by atoms with E-state index in [1.165, 1.54) is 26.1 Å². The molecule has 0 saturated heterocycles. The van der Waals surface area contributed by atoms with Crippen molar-refractivity contribution in [3.05, 3.63) is 46.6 Å². The number of pyridine rings is 1. The molecule has 9 heteroatoms. The SMILES string of the molecule is CC.CC.CC(=O)OC1CC(C(C)(C)OC(C)=O)CC2C(=O)c3c(cc(-c4cccnc4)oc3=O)OC12C. The maximum atomic E-state index is 13.7. The van der Waals surface area contributed by atoms with E-state index in [9.17, 15) is 19.2 Å². The summed E-state index contributed by atoms with van der Waals surface area (Å²) >= 11 is 0. The van der Waals surface area contributed by atoms with Crippen LogP contribution in [0.1, 0.15) is 85.5 Å². The normalized spacial score (nSPS) is 23.6. The zero-order valence-corrected chi connectivity index (χ0v) is 23.7. The highest BCUT2D eigenvalue weighted by Crippen LogP contribution is 2.50. The van der Waals surface area contributed by atoms with Crippen molar-refractivity contribution >= 4 is 17.7 Å². The molecule has 0 radical (unpaired) electrons. The molecule has 1 aliphatic carbocycles. The van der Waals surface area contributed by atoms with Crippen LogP contribution in [0.3, 0.4) is 0 Å². The lowest BCUT2D eigenvalue weighted by molar-refractivity contribution is -0.188. The summed E-state index contributed by atoms with van der Waals surface area (Å²) in [5.41, 5.74) is -2.59. The average Bonchev–Trinajstić information content (AvgIpc) is 2.86. The summed E-state index contributed by atoms with van der Waals surface area (Å²) in [4.78, 5) is 54.2. The maximum absolute atomic E-state index is 13.7. The Morgan fingerprint density at radius 1 is 1.08 bits per heavy atom. The number of esters is 2. The fraction of sp³-hybridized carbons (Fsp3) is 0.552. The van der Waals surface area contributed by atoms with E-state index < -0.39 is 46.6 Å². The molecule has 4 unspecified atom stereocenters. The number of carbonyl (C=O) groups is 3. The van der Waals surface area contributed by atoms with Crippen LogP contribution in [0.25, 0.3) is 11.3 Å². The molecule has 38 heavy (non-hydrogen) atoms. The van der Waals surface area contributed by atoms with Crippen molar-refractivity contribution in [1.82, 2.24) is 4.98 Å². The van der Waals surface area contributed by atoms with Crippen molar-refractivity contribution in [2.45, 2.75) is 92.5 Å². The van der Waals surface area contributed by atoms with Crippen molar-refractivity contribution in [3.8, 4) is 17.1 Å². The number of hydrogen-bond donors (Lipinski definition) is 0. The second-order valence-electron chi connectivity index (χ2n) is 9.55. The summed E-state index contributed by atoms with van der Waals surface area (Å²) < 4.78 is 22.9. The Hall–Kier alpha value is -3.49. The van der Waals surface area contributed by atoms with Gasteiger partial charge in [0.15, 0.2) is 11.4 Å². The summed E-state index contributed by atoms with van der Waals surface area (Å²) in [5, 5.41) is 0. The first-order valence-corrected chi connectivity index (χ1v) is 13.1. The molecule has 208 valence electrons. The first kappa shape index (κ1) is 30.7. The Bertz CT molecular complexity index is 1200. The highest BCUT2D eigenvalue weighted by atomic mass is 16.6. The molecule has 0 N–H and O–H groups in total. The van der Waals surface area contributed by atoms with E-state index >= 15 is 0 Å². The van der Waals surface area contributed by atoms with Gasteiger partial charge in [0, 0.05) is 43.8 Å². The smallest absolute Gasteiger partial charge is 0.351 e. The van der Waals surface area contributed by atoms with Gasteiger partial charge < -0.3 is 18.6 Å². The molecule has 0 aromatic carbocycles. The molecular formula is C29H39NO8. The predicted molar refractivity (Wildman–Crippen MR) is 142 cm³/mol. The minimum Gasteiger partial charge on any atom is -0.482 e. The lowest BCUT2D eigenvalue weighted by atomic mass is 9.62. The van der Waals surface area contributed by atoms with Gasteiger partial charge in [-0.3, -0.25) is 19.4 Å². The molecule has 0 bridgehead atoms. The van der Waals surface area contributed by atoms with Crippen molar-refractivity contribution < 1.29 is 33.0 Å². The number of hydrogen-bond acceptors (Lipinski definition) is 9. The van der Waals surface area contributed by atoms with Crippen LogP contribution < -0.4 is 10.4 Å². The molecule has 2 aromatic rings. The van der Waals surface area contributed by atoms with Gasteiger partial charge in [0.05, 0.1) is 5.92 Å². The summed E-state index contributed by atoms with van der Waals surface area (Å²) in [7, 11) is 0. The highest BCUT2D eigenvalue weighted by Gasteiger charge is 2.59. The van der Waals surface area contributed by atoms with Gasteiger partial charge in [-0.25, -0.2) is 4.79 Å². The number of fused-ring (bicyclic) bond motifs is 2. The third-order valence-electron chi connectivity index (χ3n) is 6.80. The second-order valence-corrected chi connectivity index (χ2v) is 9.55. The third-order valence-corrected chi connectivity index (χ3v) is 6.80. The van der Waals surface area contributed by atoms with Crippen LogP contribution in [0.4, 0.5) is 0 Å². The maximum Gasteiger partial charge on any atom is 0.351 e. The van der Waals surface area contributed by atoms with Gasteiger partial charge in [-0.2, -0.15) is 0 Å². The number of ether oxygens (including phenoxy) is 3. The van der Waals surface area contributed by atoms with Crippen LogP contribution in [0.15, 0.2) is 39.8 Å². The van der Waals surface area contributed by atoms with Crippen molar-refractivity contribution in [1.29, 1.82) is 0 Å². The lowest BCUT2D eigenvalue weighted by Crippen LogP contribution is -2.63. The number of Topliss-reactive ketones (excluding diaryl/α,β-unsaturated/α-hetero) is 1. The number of nitrogens with zero attached hydrogens (tertiary/aromatic N) is 1. The Kier molecular flexibility index (Phi) is 10.0. The molecule has 1 fully saturated rings. The van der Waals surface area contributed by atoms with Crippen molar-refractivity contribution in [2.24, 2.45) is 11.8 Å². The Labute approximate surface area is 223 Å². The Balaban J connectivity index is 0.00000121. The Morgan fingerprint density at radius 3 is 2.29 bits per heavy atom. The van der Waals surface area contributed by atoms with E-state index in [1.54, 1.807) is 39.1 Å². The first-order valence-electron chi connectivity index (χ1n) is 13.1. The van der Waals surface area contributed by atoms with Gasteiger partial charge in [0.25, 0.3) is 0 Å². The topological polar surface area (TPSA) is 122 Å². The molecule has 4 rings (SSSR count). The molecular weight excluding hydrogens is 490 g/mol. The number of ketones is 1. The van der Waals surface area contributed by atoms with Gasteiger partial charge in [0.2, 0.25) is 0 Å². The van der Waals surface area contributed by atoms with Gasteiger partial charge in [-0.1, -0.05) is 27.7 Å². The quantitative estimate of drug-likeness (QED) is 0.480. The fourth-order valence-electron chi connectivity index (χ4n) is 5.06. The van der Waals surface area contributed by atoms with E-state index in [1.807, 2.05) is 27.7 Å². The minimum absolute atomic E-state index is 0.0775. The molecule has 2 aliphatic rings. The molecule has 4 atom stereocenters. The Morgan fingerprint density at radius 2 is 1.74 bits per heavy atom. The van der Waals surface area contributed by atoms with Crippen LogP contribution in [-0.4, -0.2) is 40.0 Å². The summed E-state index contributed by atoms with van der Waals surface area (Å²) in [6, 6.07) is 4.91. The number of carbonyl (C=O) groups excluding carboxylic acids is 3. The van der Waals surface area contributed by atoms with Gasteiger partial charge >= 0.3 is 17.6 Å². The van der Waals surface area contributed by atoms with Crippen LogP contribution >= 0.6 is 0 Å². The molecule has 1 saturated carbocycles. The minimum atomic E-state index is -1.22. The average molecular weight is 530 g/mol. The summed E-state index contributed by atoms with van der Waals surface area (Å²) in [6.07, 6.45) is 2.90. The number of rotatable bonds is 4. The van der Waals surface area contributed by atoms with Crippen molar-refractivity contribution in [3.63, 3.8) is 0 Å². The standard InChI is InChI=1S/C25H27NO8.2C2H6/c1-13(27)31-20-10-16(24(3,4)33-14(2)28)9-17-22(29)21-19(34-25(17,20)5)11-18(32-23(21)30)15-7-6-8-26-12-15;2*1-2/h6-8,11-12,16-17,20H,9-10H2,1-5H3;2*1-2H3. The molecule has 9 nitrogen and oxygen atoms in total. The van der Waals surface area contributed by atoms with E-state index in [4.69, 9.17) is 18.6 Å². The third kappa shape index (κ3) is 6.14. The fourth-order valence-corrected chi connectivity index (χ4v) is 5.06. The van der Waals surface area contributed by atoms with Crippen molar-refractivity contribution in [2.75, 3.05) is 0 Å².